The molecule has 2 amide bonds. The number of fused-ring (bicyclic) bond motifs is 1. The number of amides is 2. The van der Waals surface area contributed by atoms with Crippen LogP contribution in [0.15, 0.2) is 47.4 Å². The van der Waals surface area contributed by atoms with Crippen LogP contribution in [0.2, 0.25) is 0 Å². The number of urea groups is 1. The van der Waals surface area contributed by atoms with Crippen molar-refractivity contribution in [3.63, 3.8) is 0 Å². The molecule has 0 radical (unpaired) electrons. The second-order valence-corrected chi connectivity index (χ2v) is 8.41. The van der Waals surface area contributed by atoms with Gasteiger partial charge in [-0.25, -0.2) is 13.2 Å². The van der Waals surface area contributed by atoms with Gasteiger partial charge in [-0.1, -0.05) is 30.3 Å². The average molecular weight is 374 g/mol. The van der Waals surface area contributed by atoms with E-state index < -0.39 is 15.9 Å². The minimum Gasteiger partial charge on any atom is -0.371 e. The summed E-state index contributed by atoms with van der Waals surface area (Å²) in [6, 6.07) is 12.3. The molecule has 0 saturated carbocycles. The number of benzene rings is 2. The number of carbonyl (C=O) groups excluding carboxylic acids is 1. The van der Waals surface area contributed by atoms with E-state index in [0.29, 0.717) is 18.8 Å². The Morgan fingerprint density at radius 3 is 2.77 bits per heavy atom. The lowest BCUT2D eigenvalue weighted by molar-refractivity contribution is 0.0444. The Hall–Kier alpha value is -2.38. The predicted molar refractivity (Wildman–Crippen MR) is 100 cm³/mol. The molecule has 1 heterocycles. The monoisotopic (exact) mass is 374 g/mol. The first-order valence-electron chi connectivity index (χ1n) is 8.39. The topological polar surface area (TPSA) is 84.5 Å². The van der Waals surface area contributed by atoms with Crippen molar-refractivity contribution in [1.82, 2.24) is 5.32 Å². The Morgan fingerprint density at radius 2 is 2.00 bits per heavy atom. The van der Waals surface area contributed by atoms with Gasteiger partial charge in [-0.15, -0.1) is 0 Å². The first kappa shape index (κ1) is 18.4. The van der Waals surface area contributed by atoms with Gasteiger partial charge in [0.15, 0.2) is 9.84 Å². The Kier molecular flexibility index (Phi) is 5.29. The van der Waals surface area contributed by atoms with Crippen LogP contribution in [0.1, 0.15) is 22.8 Å². The third-order valence-corrected chi connectivity index (χ3v) is 5.54. The van der Waals surface area contributed by atoms with E-state index in [-0.39, 0.29) is 11.0 Å². The maximum absolute atomic E-state index is 12.3. The maximum Gasteiger partial charge on any atom is 0.319 e. The molecule has 0 fully saturated rings. The molecule has 2 aromatic rings. The molecule has 3 rings (SSSR count). The Labute approximate surface area is 153 Å². The molecular formula is C19H22N2O4S. The van der Waals surface area contributed by atoms with Gasteiger partial charge in [0.25, 0.3) is 0 Å². The first-order valence-corrected chi connectivity index (χ1v) is 10.3. The molecule has 1 unspecified atom stereocenters. The van der Waals surface area contributed by atoms with E-state index >= 15 is 0 Å². The summed E-state index contributed by atoms with van der Waals surface area (Å²) in [6.45, 7) is 2.77. The van der Waals surface area contributed by atoms with Crippen LogP contribution in [0.4, 0.5) is 10.5 Å². The van der Waals surface area contributed by atoms with Crippen LogP contribution in [0.25, 0.3) is 0 Å². The highest BCUT2D eigenvalue weighted by Crippen LogP contribution is 2.26. The molecule has 1 atom stereocenters. The fourth-order valence-corrected chi connectivity index (χ4v) is 3.61. The van der Waals surface area contributed by atoms with Gasteiger partial charge in [0, 0.05) is 18.5 Å². The number of nitrogens with one attached hydrogen (secondary N) is 2. The maximum atomic E-state index is 12.3. The number of sulfone groups is 1. The smallest absolute Gasteiger partial charge is 0.319 e. The number of ether oxygens (including phenoxy) is 1. The van der Waals surface area contributed by atoms with Crippen molar-refractivity contribution in [2.75, 3.05) is 24.7 Å². The van der Waals surface area contributed by atoms with E-state index in [4.69, 9.17) is 4.74 Å². The SMILES string of the molecule is Cc1ccc(S(C)(=O)=O)cc1NC(=O)NCC1OCCc2ccccc21. The molecule has 2 aromatic carbocycles. The van der Waals surface area contributed by atoms with Gasteiger partial charge >= 0.3 is 6.03 Å². The van der Waals surface area contributed by atoms with Gasteiger partial charge in [0.2, 0.25) is 0 Å². The zero-order valence-electron chi connectivity index (χ0n) is 14.8. The second-order valence-electron chi connectivity index (χ2n) is 6.39. The zero-order valence-corrected chi connectivity index (χ0v) is 15.6. The van der Waals surface area contributed by atoms with E-state index in [1.54, 1.807) is 6.07 Å². The lowest BCUT2D eigenvalue weighted by Gasteiger charge is -2.26. The van der Waals surface area contributed by atoms with Crippen LogP contribution >= 0.6 is 0 Å². The first-order chi connectivity index (χ1) is 12.3. The normalized spacial score (nSPS) is 16.6. The van der Waals surface area contributed by atoms with Crippen LogP contribution in [0, 0.1) is 6.92 Å². The van der Waals surface area contributed by atoms with Crippen LogP contribution in [0.5, 0.6) is 0 Å². The standard InChI is InChI=1S/C19H22N2O4S/c1-13-7-8-15(26(2,23)24)11-17(13)21-19(22)20-12-18-16-6-4-3-5-14(16)9-10-25-18/h3-8,11,18H,9-10,12H2,1-2H3,(H2,20,21,22). The number of anilines is 1. The molecule has 26 heavy (non-hydrogen) atoms. The van der Waals surface area contributed by atoms with Crippen LogP contribution in [0.3, 0.4) is 0 Å². The molecule has 7 heteroatoms. The van der Waals surface area contributed by atoms with E-state index in [1.165, 1.54) is 17.7 Å². The molecule has 2 N–H and O–H groups in total. The van der Waals surface area contributed by atoms with Crippen molar-refractivity contribution >= 4 is 21.6 Å². The van der Waals surface area contributed by atoms with Crippen LogP contribution in [-0.2, 0) is 21.0 Å². The summed E-state index contributed by atoms with van der Waals surface area (Å²) < 4.78 is 29.1. The molecule has 138 valence electrons. The molecule has 1 aliphatic rings. The lowest BCUT2D eigenvalue weighted by Crippen LogP contribution is -2.34. The summed E-state index contributed by atoms with van der Waals surface area (Å²) in [5.41, 5.74) is 3.58. The van der Waals surface area contributed by atoms with Gasteiger partial charge in [-0.2, -0.15) is 0 Å². The van der Waals surface area contributed by atoms with Crippen molar-refractivity contribution in [3.8, 4) is 0 Å². The summed E-state index contributed by atoms with van der Waals surface area (Å²) in [7, 11) is -3.33. The van der Waals surface area contributed by atoms with Crippen molar-refractivity contribution in [3.05, 3.63) is 59.2 Å². The molecule has 0 aromatic heterocycles. The van der Waals surface area contributed by atoms with Crippen LogP contribution in [-0.4, -0.2) is 33.9 Å². The molecule has 1 aliphatic heterocycles. The van der Waals surface area contributed by atoms with E-state index in [1.807, 2.05) is 25.1 Å². The molecular weight excluding hydrogens is 352 g/mol. The summed E-state index contributed by atoms with van der Waals surface area (Å²) in [4.78, 5) is 12.4. The fraction of sp³-hybridized carbons (Fsp3) is 0.316. The van der Waals surface area contributed by atoms with Crippen molar-refractivity contribution in [2.24, 2.45) is 0 Å². The van der Waals surface area contributed by atoms with Gasteiger partial charge in [-0.3, -0.25) is 0 Å². The fourth-order valence-electron chi connectivity index (χ4n) is 2.96. The molecule has 0 spiro atoms. The van der Waals surface area contributed by atoms with E-state index in [0.717, 1.165) is 23.8 Å². The highest BCUT2D eigenvalue weighted by Gasteiger charge is 2.21. The Morgan fingerprint density at radius 1 is 1.23 bits per heavy atom. The highest BCUT2D eigenvalue weighted by atomic mass is 32.2. The van der Waals surface area contributed by atoms with Gasteiger partial charge in [-0.05, 0) is 42.2 Å². The second kappa shape index (κ2) is 7.47. The summed E-state index contributed by atoms with van der Waals surface area (Å²) in [5, 5.41) is 5.52. The third kappa shape index (κ3) is 4.23. The molecule has 6 nitrogen and oxygen atoms in total. The van der Waals surface area contributed by atoms with Crippen molar-refractivity contribution in [1.29, 1.82) is 0 Å². The Bertz CT molecular complexity index is 925. The summed E-state index contributed by atoms with van der Waals surface area (Å²) >= 11 is 0. The van der Waals surface area contributed by atoms with E-state index in [2.05, 4.69) is 16.7 Å². The summed E-state index contributed by atoms with van der Waals surface area (Å²) in [6.07, 6.45) is 1.82. The third-order valence-electron chi connectivity index (χ3n) is 4.43. The number of hydrogen-bond donors (Lipinski definition) is 2. The van der Waals surface area contributed by atoms with Crippen LogP contribution < -0.4 is 10.6 Å². The predicted octanol–water partition coefficient (Wildman–Crippen LogP) is 2.83. The van der Waals surface area contributed by atoms with Crippen molar-refractivity contribution in [2.45, 2.75) is 24.3 Å². The van der Waals surface area contributed by atoms with Gasteiger partial charge in [0.05, 0.1) is 11.5 Å². The average Bonchev–Trinajstić information content (AvgIpc) is 2.61. The molecule has 0 aliphatic carbocycles. The molecule has 0 bridgehead atoms. The zero-order chi connectivity index (χ0) is 18.7. The lowest BCUT2D eigenvalue weighted by atomic mass is 9.98. The number of aryl methyl sites for hydroxylation is 1. The quantitative estimate of drug-likeness (QED) is 0.862. The minimum absolute atomic E-state index is 0.169. The number of rotatable bonds is 4. The largest absolute Gasteiger partial charge is 0.371 e. The Balaban J connectivity index is 1.66. The highest BCUT2D eigenvalue weighted by molar-refractivity contribution is 7.90. The van der Waals surface area contributed by atoms with Gasteiger partial charge in [0.1, 0.15) is 6.10 Å². The number of carbonyl (C=O) groups is 1. The number of hydrogen-bond acceptors (Lipinski definition) is 4. The molecule has 0 saturated heterocycles. The summed E-state index contributed by atoms with van der Waals surface area (Å²) in [5.74, 6) is 0. The minimum atomic E-state index is -3.33. The van der Waals surface area contributed by atoms with Gasteiger partial charge < -0.3 is 15.4 Å². The van der Waals surface area contributed by atoms with E-state index in [9.17, 15) is 13.2 Å². The van der Waals surface area contributed by atoms with Crippen molar-refractivity contribution < 1.29 is 17.9 Å².